The molecule has 1 atom stereocenters. The lowest BCUT2D eigenvalue weighted by Gasteiger charge is -2.22. The van der Waals surface area contributed by atoms with Gasteiger partial charge in [-0.25, -0.2) is 10.2 Å². The number of nitrogens with one attached hydrogen (secondary N) is 2. The third-order valence-corrected chi connectivity index (χ3v) is 5.62. The van der Waals surface area contributed by atoms with E-state index in [1.165, 1.54) is 6.21 Å². The van der Waals surface area contributed by atoms with E-state index in [1.54, 1.807) is 27.9 Å². The summed E-state index contributed by atoms with van der Waals surface area (Å²) in [4.78, 5) is 24.9. The van der Waals surface area contributed by atoms with E-state index in [-0.39, 0.29) is 6.61 Å². The van der Waals surface area contributed by atoms with E-state index in [0.29, 0.717) is 6.61 Å². The first-order valence-corrected chi connectivity index (χ1v) is 12.2. The van der Waals surface area contributed by atoms with Gasteiger partial charge in [-0.1, -0.05) is 30.3 Å². The Balaban J connectivity index is 2.03. The molecule has 178 valence electrons. The van der Waals surface area contributed by atoms with Crippen molar-refractivity contribution in [2.75, 3.05) is 13.7 Å². The lowest BCUT2D eigenvalue weighted by atomic mass is 10.2. The summed E-state index contributed by atoms with van der Waals surface area (Å²) < 4.78 is 18.1. The molecule has 2 aromatic carbocycles. The van der Waals surface area contributed by atoms with Gasteiger partial charge in [0.05, 0.1) is 33.7 Å². The Labute approximate surface area is 221 Å². The molecule has 0 spiro atoms. The van der Waals surface area contributed by atoms with Gasteiger partial charge in [0.2, 0.25) is 0 Å². The Hall–Kier alpha value is -1.93. The predicted octanol–water partition coefficient (Wildman–Crippen LogP) is 4.46. The summed E-state index contributed by atoms with van der Waals surface area (Å²) in [7, 11) is 1.62. The van der Waals surface area contributed by atoms with Gasteiger partial charge >= 0.3 is 6.09 Å². The van der Waals surface area contributed by atoms with Gasteiger partial charge in [0.1, 0.15) is 17.4 Å². The molecule has 0 saturated heterocycles. The molecular weight excluding hydrogens is 652 g/mol. The molecule has 0 aliphatic rings. The van der Waals surface area contributed by atoms with Crippen LogP contribution in [0.2, 0.25) is 0 Å². The van der Waals surface area contributed by atoms with Crippen molar-refractivity contribution in [2.24, 2.45) is 5.10 Å². The van der Waals surface area contributed by atoms with Crippen molar-refractivity contribution in [1.82, 2.24) is 10.7 Å². The molecule has 0 saturated carbocycles. The molecule has 0 bridgehead atoms. The fourth-order valence-electron chi connectivity index (χ4n) is 2.60. The maximum Gasteiger partial charge on any atom is 0.408 e. The summed E-state index contributed by atoms with van der Waals surface area (Å²) in [6.45, 7) is 5.49. The van der Waals surface area contributed by atoms with Crippen molar-refractivity contribution in [3.8, 4) is 5.75 Å². The Morgan fingerprint density at radius 3 is 2.33 bits per heavy atom. The first kappa shape index (κ1) is 27.3. The van der Waals surface area contributed by atoms with Crippen LogP contribution in [-0.4, -0.2) is 43.6 Å². The van der Waals surface area contributed by atoms with Crippen molar-refractivity contribution in [3.63, 3.8) is 0 Å². The zero-order valence-corrected chi connectivity index (χ0v) is 23.2. The summed E-state index contributed by atoms with van der Waals surface area (Å²) in [5.41, 5.74) is 3.51. The number of rotatable bonds is 9. The monoisotopic (exact) mass is 679 g/mol. The summed E-state index contributed by atoms with van der Waals surface area (Å²) in [6.07, 6.45) is 0.811. The van der Waals surface area contributed by atoms with Gasteiger partial charge in [0.25, 0.3) is 5.91 Å². The number of hydrogen-bond donors (Lipinski definition) is 2. The number of hydrogen-bond acceptors (Lipinski definition) is 6. The number of nitrogens with zero attached hydrogens (tertiary/aromatic N) is 1. The minimum absolute atomic E-state index is 0.0478. The standard InChI is InChI=1S/C23H27I2N3O5/c1-23(2,3)33-22(30)27-19(14-32-13-15-8-6-5-7-9-15)21(29)28-26-12-16-10-17(24)20(31-4)18(25)11-16/h5-12,19H,13-14H2,1-4H3,(H,27,30)(H,28,29)/b26-12-/t19-/m0/s1. The Kier molecular flexibility index (Phi) is 10.8. The smallest absolute Gasteiger partial charge is 0.408 e. The van der Waals surface area contributed by atoms with Crippen LogP contribution in [0.5, 0.6) is 5.75 Å². The number of methoxy groups -OCH3 is 1. The van der Waals surface area contributed by atoms with Crippen LogP contribution in [-0.2, 0) is 20.9 Å². The molecular formula is C23H27I2N3O5. The van der Waals surface area contributed by atoms with Gasteiger partial charge in [0.15, 0.2) is 0 Å². The highest BCUT2D eigenvalue weighted by atomic mass is 127. The fraction of sp³-hybridized carbons (Fsp3) is 0.348. The van der Waals surface area contributed by atoms with Crippen molar-refractivity contribution in [3.05, 3.63) is 60.7 Å². The Bertz CT molecular complexity index is 955. The summed E-state index contributed by atoms with van der Waals surface area (Å²) in [6, 6.07) is 12.3. The van der Waals surface area contributed by atoms with Crippen molar-refractivity contribution >= 4 is 63.4 Å². The molecule has 2 N–H and O–H groups in total. The Morgan fingerprint density at radius 1 is 1.12 bits per heavy atom. The highest BCUT2D eigenvalue weighted by Crippen LogP contribution is 2.27. The van der Waals surface area contributed by atoms with Crippen LogP contribution in [0.15, 0.2) is 47.6 Å². The normalized spacial score (nSPS) is 12.3. The first-order chi connectivity index (χ1) is 15.6. The number of carbonyl (C=O) groups excluding carboxylic acids is 2. The molecule has 33 heavy (non-hydrogen) atoms. The van der Waals surface area contributed by atoms with Crippen LogP contribution >= 0.6 is 45.2 Å². The summed E-state index contributed by atoms with van der Waals surface area (Å²) in [5, 5.41) is 6.58. The van der Waals surface area contributed by atoms with E-state index in [1.807, 2.05) is 42.5 Å². The van der Waals surface area contributed by atoms with Crippen LogP contribution in [0.4, 0.5) is 4.79 Å². The average Bonchev–Trinajstić information content (AvgIpc) is 2.72. The van der Waals surface area contributed by atoms with E-state index in [9.17, 15) is 9.59 Å². The molecule has 0 fully saturated rings. The molecule has 0 unspecified atom stereocenters. The molecule has 2 aromatic rings. The predicted molar refractivity (Wildman–Crippen MR) is 143 cm³/mol. The van der Waals surface area contributed by atoms with Gasteiger partial charge in [-0.05, 0) is 89.2 Å². The van der Waals surface area contributed by atoms with E-state index >= 15 is 0 Å². The largest absolute Gasteiger partial charge is 0.495 e. The molecule has 0 aliphatic carbocycles. The lowest BCUT2D eigenvalue weighted by Crippen LogP contribution is -2.49. The average molecular weight is 679 g/mol. The molecule has 10 heteroatoms. The number of halogens is 2. The van der Waals surface area contributed by atoms with Gasteiger partial charge in [-0.2, -0.15) is 5.10 Å². The molecule has 0 aromatic heterocycles. The van der Waals surface area contributed by atoms with Crippen LogP contribution in [0.1, 0.15) is 31.9 Å². The SMILES string of the molecule is COc1c(I)cc(/C=N\NC(=O)[C@H](COCc2ccccc2)NC(=O)OC(C)(C)C)cc1I. The topological polar surface area (TPSA) is 98.3 Å². The minimum Gasteiger partial charge on any atom is -0.495 e. The van der Waals surface area contributed by atoms with E-state index in [2.05, 4.69) is 61.0 Å². The third-order valence-electron chi connectivity index (χ3n) is 4.02. The van der Waals surface area contributed by atoms with E-state index in [4.69, 9.17) is 14.2 Å². The van der Waals surface area contributed by atoms with Crippen molar-refractivity contribution in [2.45, 2.75) is 39.0 Å². The number of ether oxygens (including phenoxy) is 3. The maximum absolute atomic E-state index is 12.7. The second-order valence-corrected chi connectivity index (χ2v) is 10.3. The maximum atomic E-state index is 12.7. The first-order valence-electron chi connectivity index (χ1n) is 10.1. The van der Waals surface area contributed by atoms with Crippen LogP contribution in [0, 0.1) is 7.14 Å². The molecule has 0 heterocycles. The highest BCUT2D eigenvalue weighted by Gasteiger charge is 2.24. The quantitative estimate of drug-likeness (QED) is 0.232. The van der Waals surface area contributed by atoms with Gasteiger partial charge < -0.3 is 19.5 Å². The fourth-order valence-corrected chi connectivity index (χ4v) is 4.86. The second kappa shape index (κ2) is 13.1. The summed E-state index contributed by atoms with van der Waals surface area (Å²) >= 11 is 4.35. The number of carbonyl (C=O) groups is 2. The molecule has 2 rings (SSSR count). The van der Waals surface area contributed by atoms with E-state index in [0.717, 1.165) is 24.0 Å². The second-order valence-electron chi connectivity index (χ2n) is 7.95. The molecule has 0 aliphatic heterocycles. The number of amides is 2. The van der Waals surface area contributed by atoms with Crippen molar-refractivity contribution < 1.29 is 23.8 Å². The molecule has 8 nitrogen and oxygen atoms in total. The third kappa shape index (κ3) is 9.84. The van der Waals surface area contributed by atoms with Crippen LogP contribution in [0.3, 0.4) is 0 Å². The van der Waals surface area contributed by atoms with Crippen molar-refractivity contribution in [1.29, 1.82) is 0 Å². The van der Waals surface area contributed by atoms with Crippen LogP contribution in [0.25, 0.3) is 0 Å². The molecule has 2 amide bonds. The van der Waals surface area contributed by atoms with Crippen LogP contribution < -0.4 is 15.5 Å². The minimum atomic E-state index is -0.989. The summed E-state index contributed by atoms with van der Waals surface area (Å²) in [5.74, 6) is 0.262. The number of hydrazone groups is 1. The lowest BCUT2D eigenvalue weighted by molar-refractivity contribution is -0.124. The zero-order valence-electron chi connectivity index (χ0n) is 18.9. The number of benzene rings is 2. The van der Waals surface area contributed by atoms with Gasteiger partial charge in [-0.3, -0.25) is 4.79 Å². The van der Waals surface area contributed by atoms with Gasteiger partial charge in [0, 0.05) is 0 Å². The highest BCUT2D eigenvalue weighted by molar-refractivity contribution is 14.1. The zero-order chi connectivity index (χ0) is 24.4. The Morgan fingerprint density at radius 2 is 1.76 bits per heavy atom. The van der Waals surface area contributed by atoms with Gasteiger partial charge in [-0.15, -0.1) is 0 Å². The molecule has 0 radical (unpaired) electrons. The number of alkyl carbamates (subject to hydrolysis) is 1. The van der Waals surface area contributed by atoms with E-state index < -0.39 is 23.6 Å².